The Bertz CT molecular complexity index is 727. The zero-order chi connectivity index (χ0) is 17.9. The van der Waals surface area contributed by atoms with Crippen molar-refractivity contribution in [2.75, 3.05) is 19.1 Å². The van der Waals surface area contributed by atoms with Gasteiger partial charge in [-0.15, -0.1) is 10.2 Å². The molecule has 128 valence electrons. The van der Waals surface area contributed by atoms with Gasteiger partial charge in [-0.2, -0.15) is 0 Å². The van der Waals surface area contributed by atoms with E-state index < -0.39 is 11.7 Å². The third kappa shape index (κ3) is 4.35. The molecule has 7 heteroatoms. The van der Waals surface area contributed by atoms with Gasteiger partial charge in [-0.05, 0) is 45.0 Å². The fourth-order valence-corrected chi connectivity index (χ4v) is 2.14. The van der Waals surface area contributed by atoms with Gasteiger partial charge in [0, 0.05) is 18.7 Å². The molecule has 0 radical (unpaired) electrons. The number of halogens is 1. The zero-order valence-corrected chi connectivity index (χ0v) is 15.1. The number of benzene rings is 1. The van der Waals surface area contributed by atoms with E-state index in [-0.39, 0.29) is 5.15 Å². The Morgan fingerprint density at radius 3 is 2.33 bits per heavy atom. The van der Waals surface area contributed by atoms with Crippen LogP contribution in [0.4, 0.5) is 10.5 Å². The molecule has 0 aliphatic carbocycles. The van der Waals surface area contributed by atoms with Gasteiger partial charge in [0.2, 0.25) is 0 Å². The molecule has 0 bridgehead atoms. The van der Waals surface area contributed by atoms with E-state index in [1.165, 1.54) is 4.90 Å². The first kappa shape index (κ1) is 18.0. The molecular formula is C17H20ClN3O3. The van der Waals surface area contributed by atoms with Crippen molar-refractivity contribution in [3.8, 4) is 17.0 Å². The summed E-state index contributed by atoms with van der Waals surface area (Å²) in [6.45, 7) is 5.42. The van der Waals surface area contributed by atoms with Crippen LogP contribution in [0, 0.1) is 0 Å². The predicted molar refractivity (Wildman–Crippen MR) is 93.7 cm³/mol. The molecule has 0 N–H and O–H groups in total. The van der Waals surface area contributed by atoms with E-state index in [1.54, 1.807) is 41.0 Å². The summed E-state index contributed by atoms with van der Waals surface area (Å²) in [5.41, 5.74) is 1.21. The fourth-order valence-electron chi connectivity index (χ4n) is 2.00. The van der Waals surface area contributed by atoms with E-state index in [1.807, 2.05) is 24.3 Å². The van der Waals surface area contributed by atoms with Crippen LogP contribution in [0.5, 0.6) is 5.75 Å². The van der Waals surface area contributed by atoms with E-state index in [4.69, 9.17) is 21.1 Å². The number of aromatic nitrogens is 2. The summed E-state index contributed by atoms with van der Waals surface area (Å²) in [4.78, 5) is 13.7. The van der Waals surface area contributed by atoms with Gasteiger partial charge in [0.25, 0.3) is 0 Å². The maximum atomic E-state index is 12.3. The molecule has 1 heterocycles. The summed E-state index contributed by atoms with van der Waals surface area (Å²) in [5.74, 6) is 0.725. The minimum atomic E-state index is -0.601. The smallest absolute Gasteiger partial charge is 0.414 e. The van der Waals surface area contributed by atoms with Gasteiger partial charge < -0.3 is 9.47 Å². The summed E-state index contributed by atoms with van der Waals surface area (Å²) in [5, 5.41) is 8.20. The number of carbonyl (C=O) groups excluding carboxylic acids is 1. The third-order valence-corrected chi connectivity index (χ3v) is 3.32. The lowest BCUT2D eigenvalue weighted by Gasteiger charge is -2.25. The van der Waals surface area contributed by atoms with E-state index in [2.05, 4.69) is 10.2 Å². The Balaban J connectivity index is 2.41. The molecule has 1 aromatic carbocycles. The van der Waals surface area contributed by atoms with Crippen LogP contribution in [0.3, 0.4) is 0 Å². The van der Waals surface area contributed by atoms with Crippen LogP contribution in [0.15, 0.2) is 30.3 Å². The quantitative estimate of drug-likeness (QED) is 0.831. The van der Waals surface area contributed by atoms with Crippen molar-refractivity contribution < 1.29 is 14.3 Å². The first-order valence-electron chi connectivity index (χ1n) is 7.35. The van der Waals surface area contributed by atoms with Crippen LogP contribution in [0.25, 0.3) is 11.3 Å². The van der Waals surface area contributed by atoms with Crippen molar-refractivity contribution in [1.29, 1.82) is 0 Å². The highest BCUT2D eigenvalue weighted by molar-refractivity contribution is 6.29. The van der Waals surface area contributed by atoms with E-state index in [0.29, 0.717) is 11.4 Å². The van der Waals surface area contributed by atoms with Gasteiger partial charge in [-0.25, -0.2) is 4.79 Å². The minimum Gasteiger partial charge on any atom is -0.497 e. The molecule has 1 aromatic heterocycles. The molecule has 1 amide bonds. The van der Waals surface area contributed by atoms with Gasteiger partial charge in [-0.3, -0.25) is 4.90 Å². The SMILES string of the molecule is COc1ccc(-c2nnc(Cl)cc2N(C)C(=O)OC(C)(C)C)cc1. The van der Waals surface area contributed by atoms with Crippen molar-refractivity contribution in [3.05, 3.63) is 35.5 Å². The molecule has 0 aliphatic heterocycles. The number of hydrogen-bond acceptors (Lipinski definition) is 5. The Morgan fingerprint density at radius 2 is 1.79 bits per heavy atom. The number of methoxy groups -OCH3 is 1. The number of carbonyl (C=O) groups is 1. The molecule has 0 spiro atoms. The lowest BCUT2D eigenvalue weighted by Crippen LogP contribution is -2.34. The Kier molecular flexibility index (Phi) is 5.29. The van der Waals surface area contributed by atoms with Crippen LogP contribution in [-0.4, -0.2) is 36.0 Å². The first-order valence-corrected chi connectivity index (χ1v) is 7.73. The van der Waals surface area contributed by atoms with Gasteiger partial charge in [0.05, 0.1) is 12.8 Å². The molecule has 6 nitrogen and oxygen atoms in total. The average molecular weight is 350 g/mol. The largest absolute Gasteiger partial charge is 0.497 e. The summed E-state index contributed by atoms with van der Waals surface area (Å²) >= 11 is 5.96. The van der Waals surface area contributed by atoms with Crippen LogP contribution < -0.4 is 9.64 Å². The Labute approximate surface area is 146 Å². The van der Waals surface area contributed by atoms with Gasteiger partial charge in [-0.1, -0.05) is 11.6 Å². The molecule has 0 atom stereocenters. The van der Waals surface area contributed by atoms with E-state index >= 15 is 0 Å². The lowest BCUT2D eigenvalue weighted by molar-refractivity contribution is 0.0589. The fraction of sp³-hybridized carbons (Fsp3) is 0.353. The summed E-state index contributed by atoms with van der Waals surface area (Å²) < 4.78 is 10.6. The van der Waals surface area contributed by atoms with Crippen LogP contribution in [0.1, 0.15) is 20.8 Å². The van der Waals surface area contributed by atoms with Gasteiger partial charge in [0.1, 0.15) is 17.0 Å². The van der Waals surface area contributed by atoms with Crippen molar-refractivity contribution in [2.24, 2.45) is 0 Å². The number of anilines is 1. The number of amides is 1. The number of hydrogen-bond donors (Lipinski definition) is 0. The molecule has 2 aromatic rings. The summed E-state index contributed by atoms with van der Waals surface area (Å²) in [6.07, 6.45) is -0.499. The predicted octanol–water partition coefficient (Wildman–Crippen LogP) is 4.18. The van der Waals surface area contributed by atoms with Crippen LogP contribution in [-0.2, 0) is 4.74 Å². The Morgan fingerprint density at radius 1 is 1.17 bits per heavy atom. The topological polar surface area (TPSA) is 64.6 Å². The summed E-state index contributed by atoms with van der Waals surface area (Å²) in [6, 6.07) is 8.87. The molecule has 0 unspecified atom stereocenters. The molecule has 0 fully saturated rings. The highest BCUT2D eigenvalue weighted by atomic mass is 35.5. The monoisotopic (exact) mass is 349 g/mol. The second kappa shape index (κ2) is 7.05. The molecule has 24 heavy (non-hydrogen) atoms. The number of rotatable bonds is 3. The molecule has 0 aliphatic rings. The first-order chi connectivity index (χ1) is 11.2. The zero-order valence-electron chi connectivity index (χ0n) is 14.3. The van der Waals surface area contributed by atoms with E-state index in [0.717, 1.165) is 11.3 Å². The molecular weight excluding hydrogens is 330 g/mol. The number of nitrogens with zero attached hydrogens (tertiary/aromatic N) is 3. The molecule has 0 saturated heterocycles. The standard InChI is InChI=1S/C17H20ClN3O3/c1-17(2,3)24-16(22)21(4)13-10-14(18)19-20-15(13)11-6-8-12(23-5)9-7-11/h6-10H,1-5H3. The van der Waals surface area contributed by atoms with E-state index in [9.17, 15) is 4.79 Å². The van der Waals surface area contributed by atoms with Crippen molar-refractivity contribution in [2.45, 2.75) is 26.4 Å². The maximum Gasteiger partial charge on any atom is 0.414 e. The second-order valence-electron chi connectivity index (χ2n) is 6.17. The normalized spacial score (nSPS) is 11.1. The lowest BCUT2D eigenvalue weighted by atomic mass is 10.1. The molecule has 0 saturated carbocycles. The van der Waals surface area contributed by atoms with Crippen molar-refractivity contribution in [3.63, 3.8) is 0 Å². The highest BCUT2D eigenvalue weighted by Crippen LogP contribution is 2.31. The maximum absolute atomic E-state index is 12.3. The number of ether oxygens (including phenoxy) is 2. The average Bonchev–Trinajstić information content (AvgIpc) is 2.52. The third-order valence-electron chi connectivity index (χ3n) is 3.14. The molecule has 2 rings (SSSR count). The second-order valence-corrected chi connectivity index (χ2v) is 6.56. The van der Waals surface area contributed by atoms with Crippen LogP contribution >= 0.6 is 11.6 Å². The minimum absolute atomic E-state index is 0.192. The van der Waals surface area contributed by atoms with Gasteiger partial charge >= 0.3 is 6.09 Å². The summed E-state index contributed by atoms with van der Waals surface area (Å²) in [7, 11) is 3.20. The highest BCUT2D eigenvalue weighted by Gasteiger charge is 2.23. The Hall–Kier alpha value is -2.34. The van der Waals surface area contributed by atoms with Crippen molar-refractivity contribution >= 4 is 23.4 Å². The van der Waals surface area contributed by atoms with Crippen LogP contribution in [0.2, 0.25) is 5.15 Å². The van der Waals surface area contributed by atoms with Gasteiger partial charge in [0.15, 0.2) is 5.15 Å². The van der Waals surface area contributed by atoms with Crippen molar-refractivity contribution in [1.82, 2.24) is 10.2 Å².